The normalized spacial score (nSPS) is 15.8. The van der Waals surface area contributed by atoms with Gasteiger partial charge in [0.05, 0.1) is 23.1 Å². The fourth-order valence-corrected chi connectivity index (χ4v) is 4.47. The second-order valence-corrected chi connectivity index (χ2v) is 9.60. The van der Waals surface area contributed by atoms with Crippen molar-refractivity contribution in [2.24, 2.45) is 0 Å². The van der Waals surface area contributed by atoms with E-state index in [1.807, 2.05) is 52.0 Å². The van der Waals surface area contributed by atoms with Gasteiger partial charge in [-0.05, 0) is 74.4 Å². The maximum atomic E-state index is 13.7. The van der Waals surface area contributed by atoms with Crippen LogP contribution in [-0.4, -0.2) is 30.1 Å². The van der Waals surface area contributed by atoms with E-state index in [4.69, 9.17) is 9.15 Å². The van der Waals surface area contributed by atoms with Crippen molar-refractivity contribution in [3.63, 3.8) is 0 Å². The Bertz CT molecular complexity index is 1240. The third-order valence-electron chi connectivity index (χ3n) is 6.50. The first kappa shape index (κ1) is 23.2. The second kappa shape index (κ2) is 9.14. The predicted molar refractivity (Wildman–Crippen MR) is 131 cm³/mol. The molecule has 1 aliphatic heterocycles. The number of nitrogens with zero attached hydrogens (tertiary/aromatic N) is 1. The van der Waals surface area contributed by atoms with Crippen LogP contribution in [0.3, 0.4) is 0 Å². The lowest BCUT2D eigenvalue weighted by atomic mass is 9.95. The molecule has 5 heteroatoms. The lowest BCUT2D eigenvalue weighted by Gasteiger charge is -2.25. The Morgan fingerprint density at radius 1 is 1.00 bits per heavy atom. The zero-order valence-corrected chi connectivity index (χ0v) is 20.4. The van der Waals surface area contributed by atoms with E-state index >= 15 is 0 Å². The maximum absolute atomic E-state index is 13.7. The molecule has 1 aliphatic rings. The van der Waals surface area contributed by atoms with Gasteiger partial charge in [0.1, 0.15) is 5.58 Å². The Labute approximate surface area is 195 Å². The highest BCUT2D eigenvalue weighted by molar-refractivity contribution is 5.99. The summed E-state index contributed by atoms with van der Waals surface area (Å²) in [7, 11) is 0. The highest BCUT2D eigenvalue weighted by atomic mass is 16.5. The molecule has 0 fully saturated rings. The van der Waals surface area contributed by atoms with E-state index in [0.717, 1.165) is 16.7 Å². The zero-order valence-electron chi connectivity index (χ0n) is 20.4. The smallest absolute Gasteiger partial charge is 0.290 e. The van der Waals surface area contributed by atoms with Crippen LogP contribution in [0, 0.1) is 13.8 Å². The molecule has 0 saturated heterocycles. The van der Waals surface area contributed by atoms with Crippen LogP contribution >= 0.6 is 0 Å². The number of benzene rings is 2. The molecule has 0 aliphatic carbocycles. The molecule has 33 heavy (non-hydrogen) atoms. The van der Waals surface area contributed by atoms with Crippen LogP contribution in [0.25, 0.3) is 11.0 Å². The summed E-state index contributed by atoms with van der Waals surface area (Å²) in [6.07, 6.45) is 0.820. The van der Waals surface area contributed by atoms with E-state index in [9.17, 15) is 9.59 Å². The van der Waals surface area contributed by atoms with Gasteiger partial charge < -0.3 is 14.1 Å². The van der Waals surface area contributed by atoms with E-state index in [-0.39, 0.29) is 23.2 Å². The molecule has 5 nitrogen and oxygen atoms in total. The summed E-state index contributed by atoms with van der Waals surface area (Å²) in [5, 5.41) is 0.526. The van der Waals surface area contributed by atoms with Crippen LogP contribution in [0.4, 0.5) is 0 Å². The van der Waals surface area contributed by atoms with E-state index < -0.39 is 6.04 Å². The van der Waals surface area contributed by atoms with E-state index in [1.165, 1.54) is 5.56 Å². The number of amides is 1. The predicted octanol–water partition coefficient (Wildman–Crippen LogP) is 5.89. The van der Waals surface area contributed by atoms with Gasteiger partial charge in [-0.1, -0.05) is 38.1 Å². The number of hydrogen-bond donors (Lipinski definition) is 0. The monoisotopic (exact) mass is 447 g/mol. The molecule has 1 amide bonds. The Morgan fingerprint density at radius 2 is 1.67 bits per heavy atom. The largest absolute Gasteiger partial charge is 0.450 e. The van der Waals surface area contributed by atoms with Crippen molar-refractivity contribution in [1.82, 2.24) is 4.90 Å². The highest BCUT2D eigenvalue weighted by Crippen LogP contribution is 2.38. The van der Waals surface area contributed by atoms with Gasteiger partial charge in [-0.15, -0.1) is 0 Å². The van der Waals surface area contributed by atoms with Crippen molar-refractivity contribution in [2.75, 3.05) is 13.2 Å². The molecule has 0 saturated carbocycles. The number of ether oxygens (including phenoxy) is 1. The number of rotatable bonds is 7. The number of carbonyl (C=O) groups excluding carboxylic acids is 1. The third-order valence-corrected chi connectivity index (χ3v) is 6.50. The Hall–Kier alpha value is -2.92. The topological polar surface area (TPSA) is 59.8 Å². The minimum atomic E-state index is -0.463. The second-order valence-electron chi connectivity index (χ2n) is 9.60. The molecular weight excluding hydrogens is 414 g/mol. The van der Waals surface area contributed by atoms with Crippen LogP contribution in [-0.2, 0) is 4.74 Å². The van der Waals surface area contributed by atoms with Crippen LogP contribution < -0.4 is 5.43 Å². The van der Waals surface area contributed by atoms with Gasteiger partial charge in [0.2, 0.25) is 5.76 Å². The van der Waals surface area contributed by atoms with Crippen LogP contribution in [0.2, 0.25) is 0 Å². The molecule has 1 atom stereocenters. The van der Waals surface area contributed by atoms with Crippen molar-refractivity contribution in [2.45, 2.75) is 66.0 Å². The molecule has 2 aromatic carbocycles. The number of aryl methyl sites for hydroxylation is 2. The Kier molecular flexibility index (Phi) is 6.44. The first-order valence-electron chi connectivity index (χ1n) is 11.8. The summed E-state index contributed by atoms with van der Waals surface area (Å²) < 4.78 is 11.8. The highest BCUT2D eigenvalue weighted by Gasteiger charge is 2.42. The molecule has 0 N–H and O–H groups in total. The van der Waals surface area contributed by atoms with E-state index in [2.05, 4.69) is 26.0 Å². The van der Waals surface area contributed by atoms with Crippen molar-refractivity contribution in [3.05, 3.63) is 80.2 Å². The first-order chi connectivity index (χ1) is 15.7. The molecule has 0 spiro atoms. The number of fused-ring (bicyclic) bond motifs is 2. The minimum Gasteiger partial charge on any atom is -0.450 e. The Balaban J connectivity index is 1.82. The Morgan fingerprint density at radius 3 is 2.30 bits per heavy atom. The number of hydrogen-bond acceptors (Lipinski definition) is 4. The molecule has 3 aromatic rings. The van der Waals surface area contributed by atoms with E-state index in [0.29, 0.717) is 42.0 Å². The summed E-state index contributed by atoms with van der Waals surface area (Å²) in [5.41, 5.74) is 4.98. The van der Waals surface area contributed by atoms with Crippen LogP contribution in [0.15, 0.2) is 45.6 Å². The van der Waals surface area contributed by atoms with Crippen molar-refractivity contribution < 1.29 is 13.9 Å². The zero-order chi connectivity index (χ0) is 23.9. The molecule has 2 heterocycles. The molecular formula is C28H33NO4. The lowest BCUT2D eigenvalue weighted by Crippen LogP contribution is -2.31. The van der Waals surface area contributed by atoms with Gasteiger partial charge in [-0.3, -0.25) is 9.59 Å². The van der Waals surface area contributed by atoms with Crippen LogP contribution in [0.5, 0.6) is 0 Å². The summed E-state index contributed by atoms with van der Waals surface area (Å²) in [6, 6.07) is 11.5. The van der Waals surface area contributed by atoms with E-state index in [1.54, 1.807) is 4.90 Å². The average molecular weight is 448 g/mol. The molecule has 4 rings (SSSR count). The third kappa shape index (κ3) is 4.34. The van der Waals surface area contributed by atoms with Gasteiger partial charge in [0.25, 0.3) is 5.91 Å². The van der Waals surface area contributed by atoms with Crippen molar-refractivity contribution in [1.29, 1.82) is 0 Å². The fraction of sp³-hybridized carbons (Fsp3) is 0.429. The molecule has 174 valence electrons. The quantitative estimate of drug-likeness (QED) is 0.424. The van der Waals surface area contributed by atoms with Crippen molar-refractivity contribution >= 4 is 16.9 Å². The van der Waals surface area contributed by atoms with Gasteiger partial charge >= 0.3 is 0 Å². The minimum absolute atomic E-state index is 0.124. The maximum Gasteiger partial charge on any atom is 0.290 e. The summed E-state index contributed by atoms with van der Waals surface area (Å²) in [4.78, 5) is 28.9. The molecule has 1 aromatic heterocycles. The molecule has 0 bridgehead atoms. The fourth-order valence-electron chi connectivity index (χ4n) is 4.47. The van der Waals surface area contributed by atoms with Gasteiger partial charge in [-0.2, -0.15) is 0 Å². The molecule has 0 unspecified atom stereocenters. The van der Waals surface area contributed by atoms with Gasteiger partial charge in [0.15, 0.2) is 5.43 Å². The molecule has 0 radical (unpaired) electrons. The lowest BCUT2D eigenvalue weighted by molar-refractivity contribution is 0.0593. The average Bonchev–Trinajstić information content (AvgIpc) is 3.04. The van der Waals surface area contributed by atoms with Crippen molar-refractivity contribution in [3.8, 4) is 0 Å². The number of carbonyl (C=O) groups is 1. The first-order valence-corrected chi connectivity index (χ1v) is 11.8. The SMILES string of the molecule is Cc1cc2oc3c(c(=O)c2cc1C)[C@H](c1ccc(C(C)C)cc1)N(CCCOC(C)C)C3=O. The summed E-state index contributed by atoms with van der Waals surface area (Å²) >= 11 is 0. The van der Waals surface area contributed by atoms with Crippen LogP contribution in [0.1, 0.15) is 84.4 Å². The van der Waals surface area contributed by atoms with Gasteiger partial charge in [0, 0.05) is 13.2 Å². The summed E-state index contributed by atoms with van der Waals surface area (Å²) in [6.45, 7) is 13.3. The van der Waals surface area contributed by atoms with Gasteiger partial charge in [-0.25, -0.2) is 0 Å². The summed E-state index contributed by atoms with van der Waals surface area (Å²) in [5.74, 6) is 0.337. The standard InChI is InChI=1S/C28H33NO4/c1-16(2)20-8-10-21(11-9-20)25-24-26(30)22-14-18(5)19(6)15-23(22)33-27(24)28(31)29(25)12-7-13-32-17(3)4/h8-11,14-17,25H,7,12-13H2,1-6H3/t25-/m0/s1.